The number of esters is 1. The van der Waals surface area contributed by atoms with Crippen LogP contribution >= 0.6 is 12.4 Å². The molecule has 0 bridgehead atoms. The van der Waals surface area contributed by atoms with Crippen LogP contribution in [0.1, 0.15) is 43.7 Å². The highest BCUT2D eigenvalue weighted by Crippen LogP contribution is 2.19. The van der Waals surface area contributed by atoms with E-state index in [4.69, 9.17) is 6.11 Å². The second-order valence-electron chi connectivity index (χ2n) is 4.25. The lowest BCUT2D eigenvalue weighted by molar-refractivity contribution is 0.0491. The topological polar surface area (TPSA) is 44.1 Å². The van der Waals surface area contributed by atoms with Crippen LogP contribution in [0.15, 0.2) is 42.9 Å². The van der Waals surface area contributed by atoms with Crippen LogP contribution < -0.4 is 0 Å². The fraction of sp³-hybridized carbons (Fsp3) is 0.333. The molecule has 0 saturated heterocycles. The summed E-state index contributed by atoms with van der Waals surface area (Å²) in [4.78, 5) is 16.1. The lowest BCUT2D eigenvalue weighted by Crippen LogP contribution is -2.15. The van der Waals surface area contributed by atoms with Crippen LogP contribution in [0, 0.1) is 0 Å². The number of benzene rings is 1. The lowest BCUT2D eigenvalue weighted by Gasteiger charge is -2.16. The third-order valence-corrected chi connectivity index (χ3v) is 2.93. The molecular formula is C15H19ClN2O2. The molecule has 2 aromatic rings. The zero-order valence-corrected chi connectivity index (χ0v) is 12.3. The average molecular weight is 296 g/mol. The number of rotatable bonds is 5. The minimum Gasteiger partial charge on any atom is -0.461 e. The molecule has 1 aromatic carbocycles. The van der Waals surface area contributed by atoms with Crippen LogP contribution in [0.4, 0.5) is 0 Å². The molecule has 20 heavy (non-hydrogen) atoms. The van der Waals surface area contributed by atoms with E-state index in [0.717, 1.165) is 5.56 Å². The van der Waals surface area contributed by atoms with Crippen LogP contribution in [0.2, 0.25) is 0 Å². The van der Waals surface area contributed by atoms with Crippen molar-refractivity contribution in [2.45, 2.75) is 26.3 Å². The Hall–Kier alpha value is -1.81. The summed E-state index contributed by atoms with van der Waals surface area (Å²) in [6.45, 7) is 2.96. The highest BCUT2D eigenvalue weighted by Gasteiger charge is 2.17. The van der Waals surface area contributed by atoms with Gasteiger partial charge in [-0.15, -0.1) is 12.4 Å². The van der Waals surface area contributed by atoms with Gasteiger partial charge in [0.2, 0.25) is 0 Å². The van der Waals surface area contributed by atoms with Gasteiger partial charge in [-0.25, -0.2) is 9.78 Å². The Kier molecular flexibility index (Phi) is 5.62. The second-order valence-corrected chi connectivity index (χ2v) is 4.25. The Balaban J connectivity index is 0.00000220. The summed E-state index contributed by atoms with van der Waals surface area (Å²) in [7, 11) is 0. The van der Waals surface area contributed by atoms with Gasteiger partial charge in [-0.3, -0.25) is 0 Å². The predicted octanol–water partition coefficient (Wildman–Crippen LogP) is 3.48. The van der Waals surface area contributed by atoms with Gasteiger partial charge in [0.25, 0.3) is 0 Å². The van der Waals surface area contributed by atoms with E-state index in [1.807, 2.05) is 37.3 Å². The maximum Gasteiger partial charge on any atom is 0.356 e. The van der Waals surface area contributed by atoms with Crippen molar-refractivity contribution in [3.63, 3.8) is 0 Å². The summed E-state index contributed by atoms with van der Waals surface area (Å²) in [5.41, 5.74) is 1.45. The van der Waals surface area contributed by atoms with E-state index in [2.05, 4.69) is 4.98 Å². The van der Waals surface area contributed by atoms with Gasteiger partial charge in [-0.2, -0.15) is 0 Å². The van der Waals surface area contributed by atoms with E-state index in [1.165, 1.54) is 6.20 Å². The maximum atomic E-state index is 12.0. The quantitative estimate of drug-likeness (QED) is 0.793. The number of carbonyl (C=O) groups excluding carboxylic acids is 1. The number of ether oxygens (including phenoxy) is 1. The smallest absolute Gasteiger partial charge is 0.356 e. The number of halogens is 1. The normalized spacial score (nSPS) is 13.8. The van der Waals surface area contributed by atoms with E-state index >= 15 is 0 Å². The Morgan fingerprint density at radius 2 is 2.15 bits per heavy atom. The largest absolute Gasteiger partial charge is 0.461 e. The zero-order valence-electron chi connectivity index (χ0n) is 12.5. The van der Waals surface area contributed by atoms with Crippen molar-refractivity contribution >= 4 is 18.4 Å². The van der Waals surface area contributed by atoms with Crippen molar-refractivity contribution in [1.82, 2.24) is 9.55 Å². The monoisotopic (exact) mass is 295 g/mol. The molecule has 1 aromatic heterocycles. The summed E-state index contributed by atoms with van der Waals surface area (Å²) in [6.07, 6.45) is 3.55. The van der Waals surface area contributed by atoms with Crippen LogP contribution in [0.25, 0.3) is 0 Å². The maximum absolute atomic E-state index is 12.0. The van der Waals surface area contributed by atoms with Gasteiger partial charge in [0, 0.05) is 0 Å². The molecule has 0 saturated carbocycles. The molecule has 0 radical (unpaired) electrons. The van der Waals surface area contributed by atoms with Gasteiger partial charge >= 0.3 is 5.97 Å². The molecule has 0 aliphatic rings. The van der Waals surface area contributed by atoms with Crippen molar-refractivity contribution in [3.05, 3.63) is 54.1 Å². The van der Waals surface area contributed by atoms with Gasteiger partial charge in [0.15, 0.2) is 0 Å². The summed E-state index contributed by atoms with van der Waals surface area (Å²) in [5.74, 6) is -0.507. The number of aromatic nitrogens is 2. The van der Waals surface area contributed by atoms with Gasteiger partial charge < -0.3 is 9.30 Å². The van der Waals surface area contributed by atoms with Crippen molar-refractivity contribution in [2.24, 2.45) is 0 Å². The third kappa shape index (κ3) is 3.61. The molecule has 4 nitrogen and oxygen atoms in total. The summed E-state index contributed by atoms with van der Waals surface area (Å²) < 4.78 is 14.3. The van der Waals surface area contributed by atoms with Gasteiger partial charge in [-0.1, -0.05) is 37.3 Å². The SMILES string of the molecule is Cl.[2H]C(CC)OC(=O)c1cncn1C(C)c1ccccc1. The number of carbonyl (C=O) groups is 1. The number of hydrogen-bond donors (Lipinski definition) is 0. The molecule has 2 unspecified atom stereocenters. The van der Waals surface area contributed by atoms with Gasteiger partial charge in [0.1, 0.15) is 5.69 Å². The molecule has 0 amide bonds. The summed E-state index contributed by atoms with van der Waals surface area (Å²) in [6, 6.07) is 9.84. The molecule has 2 rings (SSSR count). The van der Waals surface area contributed by atoms with Crippen molar-refractivity contribution in [1.29, 1.82) is 0 Å². The Morgan fingerprint density at radius 1 is 1.45 bits per heavy atom. The van der Waals surface area contributed by atoms with Crippen LogP contribution in [-0.4, -0.2) is 22.1 Å². The highest BCUT2D eigenvalue weighted by molar-refractivity contribution is 5.87. The number of hydrogen-bond acceptors (Lipinski definition) is 3. The second kappa shape index (κ2) is 7.70. The summed E-state index contributed by atoms with van der Waals surface area (Å²) >= 11 is 0. The molecule has 0 aliphatic carbocycles. The first-order chi connectivity index (χ1) is 9.63. The molecule has 0 aliphatic heterocycles. The molecule has 0 fully saturated rings. The molecule has 108 valence electrons. The minimum absolute atomic E-state index is 0. The zero-order chi connectivity index (χ0) is 14.5. The first-order valence-corrected chi connectivity index (χ1v) is 6.33. The van der Waals surface area contributed by atoms with Crippen LogP contribution in [0.5, 0.6) is 0 Å². The first kappa shape index (κ1) is 14.6. The van der Waals surface area contributed by atoms with Crippen molar-refractivity contribution in [2.75, 3.05) is 6.58 Å². The third-order valence-electron chi connectivity index (χ3n) is 2.93. The standard InChI is InChI=1S/C15H18N2O2.ClH/c1-3-9-19-15(18)14-10-16-11-17(14)12(2)13-7-5-4-6-8-13;/h4-8,10-12H,3,9H2,1-2H3;1H/i9D;. The molecule has 0 spiro atoms. The van der Waals surface area contributed by atoms with Crippen LogP contribution in [-0.2, 0) is 4.74 Å². The number of nitrogens with zero attached hydrogens (tertiary/aromatic N) is 2. The first-order valence-electron chi connectivity index (χ1n) is 6.91. The molecular weight excluding hydrogens is 276 g/mol. The highest BCUT2D eigenvalue weighted by atomic mass is 35.5. The van der Waals surface area contributed by atoms with E-state index in [0.29, 0.717) is 12.1 Å². The van der Waals surface area contributed by atoms with Gasteiger partial charge in [0.05, 0.1) is 26.5 Å². The fourth-order valence-corrected chi connectivity index (χ4v) is 1.88. The van der Waals surface area contributed by atoms with Gasteiger partial charge in [-0.05, 0) is 18.9 Å². The van der Waals surface area contributed by atoms with E-state index in [9.17, 15) is 4.79 Å². The summed E-state index contributed by atoms with van der Waals surface area (Å²) in [5, 5.41) is 0. The van der Waals surface area contributed by atoms with E-state index in [-0.39, 0.29) is 18.4 Å². The molecule has 2 atom stereocenters. The lowest BCUT2D eigenvalue weighted by atomic mass is 10.1. The van der Waals surface area contributed by atoms with E-state index in [1.54, 1.807) is 17.8 Å². The minimum atomic E-state index is -0.835. The molecule has 0 N–H and O–H groups in total. The van der Waals surface area contributed by atoms with Crippen LogP contribution in [0.3, 0.4) is 0 Å². The number of imidazole rings is 1. The molecule has 1 heterocycles. The van der Waals surface area contributed by atoms with Crippen molar-refractivity contribution in [3.8, 4) is 0 Å². The Morgan fingerprint density at radius 3 is 2.80 bits per heavy atom. The Labute approximate surface area is 126 Å². The fourth-order valence-electron chi connectivity index (χ4n) is 1.88. The average Bonchev–Trinajstić information content (AvgIpc) is 2.96. The van der Waals surface area contributed by atoms with E-state index < -0.39 is 12.6 Å². The van der Waals surface area contributed by atoms with Crippen molar-refractivity contribution < 1.29 is 10.9 Å². The predicted molar refractivity (Wildman–Crippen MR) is 80.3 cm³/mol. The molecule has 5 heteroatoms. The Bertz CT molecular complexity index is 574.